The molecule has 0 radical (unpaired) electrons. The third kappa shape index (κ3) is 2.67. The van der Waals surface area contributed by atoms with E-state index in [1.165, 1.54) is 0 Å². The van der Waals surface area contributed by atoms with Crippen molar-refractivity contribution in [3.63, 3.8) is 0 Å². The number of ether oxygens (including phenoxy) is 1. The van der Waals surface area contributed by atoms with Crippen LogP contribution < -0.4 is 0 Å². The number of aliphatic hydroxyl groups is 1. The summed E-state index contributed by atoms with van der Waals surface area (Å²) >= 11 is 0. The highest BCUT2D eigenvalue weighted by Crippen LogP contribution is 2.26. The molecule has 0 spiro atoms. The van der Waals surface area contributed by atoms with Crippen LogP contribution in [-0.2, 0) is 15.3 Å². The van der Waals surface area contributed by atoms with Crippen molar-refractivity contribution in [1.82, 2.24) is 0 Å². The minimum Gasteiger partial charge on any atom is -0.426 e. The van der Waals surface area contributed by atoms with Gasteiger partial charge < -0.3 is 9.84 Å². The number of carbonyl (C=O) groups is 1. The second kappa shape index (κ2) is 4.75. The van der Waals surface area contributed by atoms with Gasteiger partial charge in [-0.15, -0.1) is 0 Å². The fourth-order valence-electron chi connectivity index (χ4n) is 1.24. The number of esters is 1. The quantitative estimate of drug-likeness (QED) is 0.465. The van der Waals surface area contributed by atoms with E-state index >= 15 is 0 Å². The van der Waals surface area contributed by atoms with Crippen LogP contribution in [0, 0.1) is 0 Å². The normalized spacial score (nSPS) is 14.0. The van der Waals surface area contributed by atoms with Crippen molar-refractivity contribution in [3.05, 3.63) is 48.6 Å². The fraction of sp³-hybridized carbons (Fsp3) is 0.250. The van der Waals surface area contributed by atoms with Crippen molar-refractivity contribution < 1.29 is 14.6 Å². The summed E-state index contributed by atoms with van der Waals surface area (Å²) in [5, 5.41) is 10.1. The average molecular weight is 206 g/mol. The van der Waals surface area contributed by atoms with E-state index in [0.717, 1.165) is 6.08 Å². The highest BCUT2D eigenvalue weighted by molar-refractivity contribution is 5.81. The molecule has 0 aliphatic heterocycles. The van der Waals surface area contributed by atoms with Crippen molar-refractivity contribution in [2.75, 3.05) is 0 Å². The maximum absolute atomic E-state index is 11.1. The van der Waals surface area contributed by atoms with E-state index in [4.69, 9.17) is 4.74 Å². The van der Waals surface area contributed by atoms with Crippen molar-refractivity contribution in [2.45, 2.75) is 19.1 Å². The van der Waals surface area contributed by atoms with Gasteiger partial charge in [0.25, 0.3) is 0 Å². The van der Waals surface area contributed by atoms with Crippen molar-refractivity contribution in [3.8, 4) is 0 Å². The minimum atomic E-state index is -1.56. The van der Waals surface area contributed by atoms with Gasteiger partial charge in [-0.2, -0.15) is 0 Å². The molecule has 0 amide bonds. The summed E-state index contributed by atoms with van der Waals surface area (Å²) in [6, 6.07) is 8.80. The Morgan fingerprint density at radius 1 is 1.53 bits per heavy atom. The zero-order valence-electron chi connectivity index (χ0n) is 8.64. The summed E-state index contributed by atoms with van der Waals surface area (Å²) in [5.41, 5.74) is 0.558. The highest BCUT2D eigenvalue weighted by atomic mass is 16.7. The lowest BCUT2D eigenvalue weighted by molar-refractivity contribution is -0.211. The SMILES string of the molecule is C=CC(=O)OC(O)(CC)c1ccccc1. The van der Waals surface area contributed by atoms with E-state index in [-0.39, 0.29) is 6.42 Å². The number of hydrogen-bond acceptors (Lipinski definition) is 3. The molecule has 0 saturated carbocycles. The van der Waals surface area contributed by atoms with E-state index in [1.54, 1.807) is 31.2 Å². The largest absolute Gasteiger partial charge is 0.426 e. The van der Waals surface area contributed by atoms with Crippen molar-refractivity contribution in [2.24, 2.45) is 0 Å². The Labute approximate surface area is 89.0 Å². The molecule has 0 aliphatic rings. The fourth-order valence-corrected chi connectivity index (χ4v) is 1.24. The summed E-state index contributed by atoms with van der Waals surface area (Å²) in [6.45, 7) is 5.03. The number of rotatable bonds is 4. The molecule has 3 nitrogen and oxygen atoms in total. The van der Waals surface area contributed by atoms with Crippen LogP contribution in [0.25, 0.3) is 0 Å². The number of carbonyl (C=O) groups excluding carboxylic acids is 1. The van der Waals surface area contributed by atoms with Crippen LogP contribution in [0.3, 0.4) is 0 Å². The standard InChI is InChI=1S/C12H14O3/c1-3-11(13)15-12(14,4-2)10-8-6-5-7-9-10/h3,5-9,14H,1,4H2,2H3. The van der Waals surface area contributed by atoms with Gasteiger partial charge in [-0.25, -0.2) is 4.79 Å². The van der Waals surface area contributed by atoms with Gasteiger partial charge in [-0.05, 0) is 0 Å². The lowest BCUT2D eigenvalue weighted by Crippen LogP contribution is -2.30. The van der Waals surface area contributed by atoms with Crippen LogP contribution in [0.2, 0.25) is 0 Å². The minimum absolute atomic E-state index is 0.288. The van der Waals surface area contributed by atoms with Gasteiger partial charge in [-0.3, -0.25) is 0 Å². The smallest absolute Gasteiger partial charge is 0.332 e. The Morgan fingerprint density at radius 2 is 2.13 bits per heavy atom. The molecule has 1 rings (SSSR count). The van der Waals surface area contributed by atoms with Gasteiger partial charge in [0.15, 0.2) is 0 Å². The molecule has 0 heterocycles. The van der Waals surface area contributed by atoms with E-state index in [9.17, 15) is 9.90 Å². The molecule has 1 unspecified atom stereocenters. The third-order valence-corrected chi connectivity index (χ3v) is 2.14. The van der Waals surface area contributed by atoms with Crippen molar-refractivity contribution in [1.29, 1.82) is 0 Å². The molecule has 0 aromatic heterocycles. The first-order valence-corrected chi connectivity index (χ1v) is 4.75. The topological polar surface area (TPSA) is 46.5 Å². The predicted octanol–water partition coefficient (Wildman–Crippen LogP) is 1.97. The lowest BCUT2D eigenvalue weighted by Gasteiger charge is -2.26. The van der Waals surface area contributed by atoms with Gasteiger partial charge in [0.1, 0.15) is 0 Å². The number of benzene rings is 1. The molecule has 0 saturated heterocycles. The summed E-state index contributed by atoms with van der Waals surface area (Å²) in [4.78, 5) is 11.1. The van der Waals surface area contributed by atoms with Crippen molar-refractivity contribution >= 4 is 5.97 Å². The molecule has 1 aromatic rings. The first-order valence-electron chi connectivity index (χ1n) is 4.75. The third-order valence-electron chi connectivity index (χ3n) is 2.14. The first-order chi connectivity index (χ1) is 7.12. The molecular formula is C12H14O3. The van der Waals surface area contributed by atoms with Gasteiger partial charge in [0.05, 0.1) is 0 Å². The Balaban J connectivity index is 2.95. The molecule has 0 bridgehead atoms. The number of hydrogen-bond donors (Lipinski definition) is 1. The van der Waals surface area contributed by atoms with E-state index in [1.807, 2.05) is 6.07 Å². The average Bonchev–Trinajstić information content (AvgIpc) is 2.30. The Kier molecular flexibility index (Phi) is 3.63. The van der Waals surface area contributed by atoms with Crippen LogP contribution in [0.4, 0.5) is 0 Å². The van der Waals surface area contributed by atoms with Gasteiger partial charge in [0, 0.05) is 18.1 Å². The molecule has 15 heavy (non-hydrogen) atoms. The molecule has 80 valence electrons. The van der Waals surface area contributed by atoms with Crippen LogP contribution in [0.15, 0.2) is 43.0 Å². The zero-order chi connectivity index (χ0) is 11.3. The summed E-state index contributed by atoms with van der Waals surface area (Å²) in [7, 11) is 0. The lowest BCUT2D eigenvalue weighted by atomic mass is 10.0. The van der Waals surface area contributed by atoms with Gasteiger partial charge in [-0.1, -0.05) is 43.8 Å². The Hall–Kier alpha value is -1.61. The summed E-state index contributed by atoms with van der Waals surface area (Å²) in [6.07, 6.45) is 1.32. The van der Waals surface area contributed by atoms with E-state index < -0.39 is 11.8 Å². The van der Waals surface area contributed by atoms with Gasteiger partial charge >= 0.3 is 5.97 Å². The predicted molar refractivity (Wildman–Crippen MR) is 56.9 cm³/mol. The summed E-state index contributed by atoms with van der Waals surface area (Å²) in [5.74, 6) is -2.20. The second-order valence-electron chi connectivity index (χ2n) is 3.13. The maximum Gasteiger partial charge on any atom is 0.332 e. The zero-order valence-corrected chi connectivity index (χ0v) is 8.64. The van der Waals surface area contributed by atoms with E-state index in [0.29, 0.717) is 5.56 Å². The first kappa shape index (κ1) is 11.5. The van der Waals surface area contributed by atoms with Crippen LogP contribution in [0.5, 0.6) is 0 Å². The monoisotopic (exact) mass is 206 g/mol. The molecule has 1 atom stereocenters. The molecule has 1 aromatic carbocycles. The Bertz CT molecular complexity index is 345. The van der Waals surface area contributed by atoms with Crippen LogP contribution in [0.1, 0.15) is 18.9 Å². The maximum atomic E-state index is 11.1. The second-order valence-corrected chi connectivity index (χ2v) is 3.13. The van der Waals surface area contributed by atoms with Crippen LogP contribution >= 0.6 is 0 Å². The highest BCUT2D eigenvalue weighted by Gasteiger charge is 2.30. The van der Waals surface area contributed by atoms with Crippen LogP contribution in [-0.4, -0.2) is 11.1 Å². The van der Waals surface area contributed by atoms with Gasteiger partial charge in [0.2, 0.25) is 5.79 Å². The molecule has 0 aliphatic carbocycles. The Morgan fingerprint density at radius 3 is 2.60 bits per heavy atom. The molecule has 1 N–H and O–H groups in total. The molecule has 3 heteroatoms. The summed E-state index contributed by atoms with van der Waals surface area (Å²) < 4.78 is 4.92. The van der Waals surface area contributed by atoms with E-state index in [2.05, 4.69) is 6.58 Å². The molecular weight excluding hydrogens is 192 g/mol. The molecule has 0 fully saturated rings.